The van der Waals surface area contributed by atoms with Crippen LogP contribution in [0.3, 0.4) is 0 Å². The summed E-state index contributed by atoms with van der Waals surface area (Å²) in [6, 6.07) is 14.2. The van der Waals surface area contributed by atoms with Crippen molar-refractivity contribution >= 4 is 46.9 Å². The van der Waals surface area contributed by atoms with Gasteiger partial charge in [0.05, 0.1) is 33.7 Å². The minimum absolute atomic E-state index is 0.247. The van der Waals surface area contributed by atoms with Gasteiger partial charge in [-0.1, -0.05) is 53.0 Å². The van der Waals surface area contributed by atoms with Gasteiger partial charge in [-0.2, -0.15) is 10.2 Å². The average molecular weight is 408 g/mol. The molecule has 1 aromatic heterocycles. The van der Waals surface area contributed by atoms with Crippen molar-refractivity contribution < 1.29 is 4.79 Å². The van der Waals surface area contributed by atoms with Crippen LogP contribution in [-0.4, -0.2) is 21.9 Å². The van der Waals surface area contributed by atoms with Gasteiger partial charge >= 0.3 is 0 Å². The number of carbonyl (C=O) groups excluding carboxylic acids is 1. The van der Waals surface area contributed by atoms with E-state index < -0.39 is 5.91 Å². The lowest BCUT2D eigenvalue weighted by atomic mass is 10.2. The Balaban J connectivity index is 1.79. The first-order chi connectivity index (χ1) is 12.5. The molecule has 0 aliphatic heterocycles. The molecule has 1 N–H and O–H groups in total. The fraction of sp³-hybridized carbons (Fsp3) is 0.0556. The second kappa shape index (κ2) is 7.91. The smallest absolute Gasteiger partial charge is 0.267 e. The van der Waals surface area contributed by atoms with Gasteiger partial charge in [-0.3, -0.25) is 4.79 Å². The van der Waals surface area contributed by atoms with Crippen LogP contribution in [-0.2, 0) is 0 Å². The van der Waals surface area contributed by atoms with Crippen LogP contribution in [0.1, 0.15) is 21.6 Å². The molecule has 1 heterocycles. The largest absolute Gasteiger partial charge is 0.272 e. The van der Waals surface area contributed by atoms with Crippen molar-refractivity contribution in [2.24, 2.45) is 5.10 Å². The maximum Gasteiger partial charge on any atom is 0.272 e. The van der Waals surface area contributed by atoms with Crippen LogP contribution in [0.4, 0.5) is 0 Å². The summed E-state index contributed by atoms with van der Waals surface area (Å²) in [7, 11) is 0. The maximum absolute atomic E-state index is 12.2. The third-order valence-electron chi connectivity index (χ3n) is 3.65. The SMILES string of the molecule is Cc1c(/C=N\NC(=O)c2ccc(Cl)cc2Cl)c(Cl)nn1-c1ccccc1. The van der Waals surface area contributed by atoms with Crippen LogP contribution < -0.4 is 5.43 Å². The highest BCUT2D eigenvalue weighted by atomic mass is 35.5. The second-order valence-electron chi connectivity index (χ2n) is 5.36. The van der Waals surface area contributed by atoms with Crippen molar-refractivity contribution in [2.75, 3.05) is 0 Å². The third kappa shape index (κ3) is 3.90. The van der Waals surface area contributed by atoms with E-state index in [0.29, 0.717) is 10.6 Å². The molecular weight excluding hydrogens is 395 g/mol. The second-order valence-corrected chi connectivity index (χ2v) is 6.56. The Bertz CT molecular complexity index is 984. The molecule has 0 aliphatic carbocycles. The summed E-state index contributed by atoms with van der Waals surface area (Å²) in [5.41, 5.74) is 4.98. The van der Waals surface area contributed by atoms with Gasteiger partial charge in [-0.15, -0.1) is 0 Å². The zero-order chi connectivity index (χ0) is 18.7. The highest BCUT2D eigenvalue weighted by molar-refractivity contribution is 6.36. The van der Waals surface area contributed by atoms with Gasteiger partial charge in [-0.05, 0) is 37.3 Å². The molecule has 0 bridgehead atoms. The number of amides is 1. The standard InChI is InChI=1S/C18H13Cl3N4O/c1-11-15(17(21)24-25(11)13-5-3-2-4-6-13)10-22-23-18(26)14-8-7-12(19)9-16(14)20/h2-10H,1H3,(H,23,26)/b22-10-. The molecule has 0 fully saturated rings. The summed E-state index contributed by atoms with van der Waals surface area (Å²) in [6.07, 6.45) is 1.45. The van der Waals surface area contributed by atoms with Crippen molar-refractivity contribution in [3.63, 3.8) is 0 Å². The Kier molecular flexibility index (Phi) is 5.61. The van der Waals surface area contributed by atoms with E-state index in [2.05, 4.69) is 15.6 Å². The molecule has 0 spiro atoms. The zero-order valence-corrected chi connectivity index (χ0v) is 15.8. The fourth-order valence-electron chi connectivity index (χ4n) is 2.34. The minimum Gasteiger partial charge on any atom is -0.267 e. The summed E-state index contributed by atoms with van der Waals surface area (Å²) in [5.74, 6) is -0.452. The highest BCUT2D eigenvalue weighted by Crippen LogP contribution is 2.22. The van der Waals surface area contributed by atoms with E-state index >= 15 is 0 Å². The van der Waals surface area contributed by atoms with E-state index in [9.17, 15) is 4.79 Å². The molecule has 8 heteroatoms. The lowest BCUT2D eigenvalue weighted by molar-refractivity contribution is 0.0955. The van der Waals surface area contributed by atoms with Crippen molar-refractivity contribution in [2.45, 2.75) is 6.92 Å². The summed E-state index contributed by atoms with van der Waals surface area (Å²) >= 11 is 18.0. The molecule has 0 aliphatic rings. The average Bonchev–Trinajstić information content (AvgIpc) is 2.90. The van der Waals surface area contributed by atoms with E-state index in [1.54, 1.807) is 10.7 Å². The molecule has 1 amide bonds. The molecule has 132 valence electrons. The number of nitrogens with zero attached hydrogens (tertiary/aromatic N) is 3. The number of halogens is 3. The number of carbonyl (C=O) groups is 1. The van der Waals surface area contributed by atoms with E-state index in [0.717, 1.165) is 11.4 Å². The van der Waals surface area contributed by atoms with Gasteiger partial charge in [0.15, 0.2) is 5.15 Å². The number of hydrogen-bond acceptors (Lipinski definition) is 3. The van der Waals surface area contributed by atoms with E-state index in [-0.39, 0.29) is 15.7 Å². The Morgan fingerprint density at radius 3 is 2.58 bits per heavy atom. The number of nitrogens with one attached hydrogen (secondary N) is 1. The van der Waals surface area contributed by atoms with Gasteiger partial charge in [0.2, 0.25) is 0 Å². The van der Waals surface area contributed by atoms with E-state index in [4.69, 9.17) is 34.8 Å². The molecule has 0 atom stereocenters. The summed E-state index contributed by atoms with van der Waals surface area (Å²) in [6.45, 7) is 1.87. The first-order valence-electron chi connectivity index (χ1n) is 7.56. The number of para-hydroxylation sites is 1. The topological polar surface area (TPSA) is 59.3 Å². The van der Waals surface area contributed by atoms with Gasteiger partial charge in [0, 0.05) is 5.02 Å². The van der Waals surface area contributed by atoms with Gasteiger partial charge in [0.1, 0.15) is 0 Å². The fourth-order valence-corrected chi connectivity index (χ4v) is 3.09. The Hall–Kier alpha value is -2.34. The molecule has 3 rings (SSSR count). The monoisotopic (exact) mass is 406 g/mol. The zero-order valence-electron chi connectivity index (χ0n) is 13.6. The Morgan fingerprint density at radius 2 is 1.88 bits per heavy atom. The lowest BCUT2D eigenvalue weighted by Gasteiger charge is -2.04. The summed E-state index contributed by atoms with van der Waals surface area (Å²) < 4.78 is 1.71. The molecule has 5 nitrogen and oxygen atoms in total. The van der Waals surface area contributed by atoms with Crippen molar-refractivity contribution in [1.29, 1.82) is 0 Å². The van der Waals surface area contributed by atoms with E-state index in [1.165, 1.54) is 18.3 Å². The predicted molar refractivity (Wildman–Crippen MR) is 105 cm³/mol. The molecule has 26 heavy (non-hydrogen) atoms. The van der Waals surface area contributed by atoms with Crippen LogP contribution in [0.25, 0.3) is 5.69 Å². The molecule has 3 aromatic rings. The van der Waals surface area contributed by atoms with Crippen LogP contribution >= 0.6 is 34.8 Å². The molecule has 0 saturated carbocycles. The normalized spacial score (nSPS) is 11.1. The van der Waals surface area contributed by atoms with Crippen molar-refractivity contribution in [3.05, 3.63) is 80.6 Å². The molecule has 0 radical (unpaired) electrons. The maximum atomic E-state index is 12.2. The molecule has 0 unspecified atom stereocenters. The minimum atomic E-state index is -0.452. The van der Waals surface area contributed by atoms with Gasteiger partial charge < -0.3 is 0 Å². The number of hydrazone groups is 1. The Morgan fingerprint density at radius 1 is 1.15 bits per heavy atom. The van der Waals surface area contributed by atoms with Crippen LogP contribution in [0.2, 0.25) is 15.2 Å². The van der Waals surface area contributed by atoms with Crippen LogP contribution in [0, 0.1) is 6.92 Å². The van der Waals surface area contributed by atoms with Crippen LogP contribution in [0.15, 0.2) is 53.6 Å². The molecular formula is C18H13Cl3N4O. The van der Waals surface area contributed by atoms with Gasteiger partial charge in [-0.25, -0.2) is 10.1 Å². The number of hydrogen-bond donors (Lipinski definition) is 1. The lowest BCUT2D eigenvalue weighted by Crippen LogP contribution is -2.18. The van der Waals surface area contributed by atoms with Crippen LogP contribution in [0.5, 0.6) is 0 Å². The predicted octanol–water partition coefficient (Wildman–Crippen LogP) is 4.90. The first-order valence-corrected chi connectivity index (χ1v) is 8.69. The summed E-state index contributed by atoms with van der Waals surface area (Å²) in [5, 5.41) is 9.24. The number of aromatic nitrogens is 2. The molecule has 0 saturated heterocycles. The quantitative estimate of drug-likeness (QED) is 0.494. The Labute approximate surface area is 165 Å². The van der Waals surface area contributed by atoms with Gasteiger partial charge in [0.25, 0.3) is 5.91 Å². The van der Waals surface area contributed by atoms with Crippen molar-refractivity contribution in [1.82, 2.24) is 15.2 Å². The first kappa shape index (κ1) is 18.5. The van der Waals surface area contributed by atoms with Crippen molar-refractivity contribution in [3.8, 4) is 5.69 Å². The summed E-state index contributed by atoms with van der Waals surface area (Å²) in [4.78, 5) is 12.2. The van der Waals surface area contributed by atoms with E-state index in [1.807, 2.05) is 37.3 Å². The highest BCUT2D eigenvalue weighted by Gasteiger charge is 2.13. The third-order valence-corrected chi connectivity index (χ3v) is 4.48. The number of benzene rings is 2. The number of rotatable bonds is 4. The molecule has 2 aromatic carbocycles.